The van der Waals surface area contributed by atoms with E-state index in [9.17, 15) is 0 Å². The summed E-state index contributed by atoms with van der Waals surface area (Å²) >= 11 is 3.52. The minimum absolute atomic E-state index is 0.0391. The van der Waals surface area contributed by atoms with Gasteiger partial charge in [0.25, 0.3) is 0 Å². The van der Waals surface area contributed by atoms with E-state index in [0.717, 1.165) is 36.8 Å². The smallest absolute Gasteiger partial charge is 0.0178 e. The van der Waals surface area contributed by atoms with E-state index >= 15 is 0 Å². The van der Waals surface area contributed by atoms with Gasteiger partial charge in [-0.05, 0) is 76.4 Å². The van der Waals surface area contributed by atoms with Gasteiger partial charge in [-0.2, -0.15) is 0 Å². The van der Waals surface area contributed by atoms with Crippen molar-refractivity contribution in [2.75, 3.05) is 13.1 Å². The summed E-state index contributed by atoms with van der Waals surface area (Å²) in [5, 5.41) is 3.48. The molecule has 0 unspecified atom stereocenters. The molecule has 0 saturated carbocycles. The molecule has 0 bridgehead atoms. The number of benzene rings is 1. The highest BCUT2D eigenvalue weighted by Gasteiger charge is 2.08. The molecule has 0 aliphatic rings. The number of aryl methyl sites for hydroxylation is 1. The predicted octanol–water partition coefficient (Wildman–Crippen LogP) is 3.41. The van der Waals surface area contributed by atoms with E-state index in [0.29, 0.717) is 0 Å². The number of nitrogens with one attached hydrogen (secondary N) is 1. The van der Waals surface area contributed by atoms with Gasteiger partial charge >= 0.3 is 0 Å². The number of hydrogen-bond acceptors (Lipinski definition) is 2. The summed E-state index contributed by atoms with van der Waals surface area (Å²) in [6.45, 7) is 8.41. The lowest BCUT2D eigenvalue weighted by Gasteiger charge is -2.18. The zero-order chi connectivity index (χ0) is 13.6. The fourth-order valence-electron chi connectivity index (χ4n) is 1.93. The summed E-state index contributed by atoms with van der Waals surface area (Å²) in [6, 6.07) is 6.46. The fraction of sp³-hybridized carbons (Fsp3) is 0.600. The van der Waals surface area contributed by atoms with Crippen LogP contribution in [0, 0.1) is 6.92 Å². The Labute approximate surface area is 119 Å². The van der Waals surface area contributed by atoms with Crippen molar-refractivity contribution in [3.63, 3.8) is 0 Å². The van der Waals surface area contributed by atoms with Gasteiger partial charge in [-0.3, -0.25) is 0 Å². The molecule has 0 aliphatic carbocycles. The Bertz CT molecular complexity index is 369. The zero-order valence-electron chi connectivity index (χ0n) is 11.7. The van der Waals surface area contributed by atoms with Crippen molar-refractivity contribution >= 4 is 15.9 Å². The van der Waals surface area contributed by atoms with Crippen LogP contribution in [0.3, 0.4) is 0 Å². The second kappa shape index (κ2) is 7.27. The van der Waals surface area contributed by atoms with Crippen molar-refractivity contribution in [3.8, 4) is 0 Å². The molecule has 18 heavy (non-hydrogen) atoms. The van der Waals surface area contributed by atoms with Gasteiger partial charge in [0.15, 0.2) is 0 Å². The Kier molecular flexibility index (Phi) is 6.33. The van der Waals surface area contributed by atoms with Crippen molar-refractivity contribution in [3.05, 3.63) is 33.8 Å². The molecular weight excluding hydrogens is 288 g/mol. The Balaban J connectivity index is 2.20. The second-order valence-corrected chi connectivity index (χ2v) is 6.58. The summed E-state index contributed by atoms with van der Waals surface area (Å²) in [4.78, 5) is 0. The molecule has 1 rings (SSSR count). The zero-order valence-corrected chi connectivity index (χ0v) is 13.3. The van der Waals surface area contributed by atoms with Crippen molar-refractivity contribution < 1.29 is 0 Å². The topological polar surface area (TPSA) is 38.0 Å². The molecule has 3 N–H and O–H groups in total. The molecule has 1 aromatic rings. The first-order chi connectivity index (χ1) is 8.38. The van der Waals surface area contributed by atoms with E-state index in [2.05, 4.69) is 60.2 Å². The normalized spacial score (nSPS) is 11.8. The predicted molar refractivity (Wildman–Crippen MR) is 83.0 cm³/mol. The third-order valence-electron chi connectivity index (χ3n) is 3.06. The number of hydrogen-bond donors (Lipinski definition) is 2. The minimum atomic E-state index is -0.0391. The minimum Gasteiger partial charge on any atom is -0.326 e. The largest absolute Gasteiger partial charge is 0.326 e. The molecule has 0 radical (unpaired) electrons. The average molecular weight is 313 g/mol. The van der Waals surface area contributed by atoms with Crippen LogP contribution in [0.2, 0.25) is 0 Å². The Morgan fingerprint density at radius 3 is 2.67 bits per heavy atom. The molecule has 0 aromatic heterocycles. The van der Waals surface area contributed by atoms with Crippen LogP contribution < -0.4 is 11.1 Å². The van der Waals surface area contributed by atoms with Crippen molar-refractivity contribution in [2.24, 2.45) is 5.73 Å². The lowest BCUT2D eigenvalue weighted by Crippen LogP contribution is -2.33. The monoisotopic (exact) mass is 312 g/mol. The van der Waals surface area contributed by atoms with Crippen LogP contribution in [-0.2, 0) is 6.42 Å². The van der Waals surface area contributed by atoms with E-state index in [4.69, 9.17) is 5.73 Å². The molecule has 0 atom stereocenters. The summed E-state index contributed by atoms with van der Waals surface area (Å²) in [5.74, 6) is 0. The van der Waals surface area contributed by atoms with E-state index in [1.165, 1.54) is 11.1 Å². The molecule has 2 nitrogen and oxygen atoms in total. The standard InChI is InChI=1S/C15H25BrN2/c1-12-5-6-14(16)11-13(12)7-10-18-9-4-8-15(2,3)17/h5-6,11,18H,4,7-10,17H2,1-3H3. The van der Waals surface area contributed by atoms with Crippen LogP contribution in [0.25, 0.3) is 0 Å². The quantitative estimate of drug-likeness (QED) is 0.757. The molecule has 0 amide bonds. The lowest BCUT2D eigenvalue weighted by atomic mass is 10.0. The molecule has 102 valence electrons. The highest BCUT2D eigenvalue weighted by atomic mass is 79.9. The molecule has 1 aromatic carbocycles. The van der Waals surface area contributed by atoms with Gasteiger partial charge in [0.2, 0.25) is 0 Å². The van der Waals surface area contributed by atoms with Crippen LogP contribution in [-0.4, -0.2) is 18.6 Å². The van der Waals surface area contributed by atoms with Gasteiger partial charge in [0.1, 0.15) is 0 Å². The second-order valence-electron chi connectivity index (χ2n) is 5.66. The van der Waals surface area contributed by atoms with Crippen LogP contribution >= 0.6 is 15.9 Å². The first-order valence-corrected chi connectivity index (χ1v) is 7.42. The van der Waals surface area contributed by atoms with Crippen LogP contribution in [0.15, 0.2) is 22.7 Å². The molecular formula is C15H25BrN2. The number of nitrogens with two attached hydrogens (primary N) is 1. The molecule has 0 fully saturated rings. The Hall–Kier alpha value is -0.380. The van der Waals surface area contributed by atoms with Gasteiger partial charge < -0.3 is 11.1 Å². The van der Waals surface area contributed by atoms with E-state index in [1.54, 1.807) is 0 Å². The van der Waals surface area contributed by atoms with Crippen molar-refractivity contribution in [1.29, 1.82) is 0 Å². The molecule has 0 saturated heterocycles. The third kappa shape index (κ3) is 6.53. The number of rotatable bonds is 7. The maximum absolute atomic E-state index is 5.94. The fourth-order valence-corrected chi connectivity index (χ4v) is 2.33. The first-order valence-electron chi connectivity index (χ1n) is 6.63. The Morgan fingerprint density at radius 1 is 1.28 bits per heavy atom. The van der Waals surface area contributed by atoms with Crippen molar-refractivity contribution in [2.45, 2.75) is 45.6 Å². The maximum Gasteiger partial charge on any atom is 0.0178 e. The van der Waals surface area contributed by atoms with Crippen molar-refractivity contribution in [1.82, 2.24) is 5.32 Å². The van der Waals surface area contributed by atoms with Crippen LogP contribution in [0.5, 0.6) is 0 Å². The summed E-state index contributed by atoms with van der Waals surface area (Å²) in [6.07, 6.45) is 3.29. The third-order valence-corrected chi connectivity index (χ3v) is 3.55. The maximum atomic E-state index is 5.94. The van der Waals surface area contributed by atoms with E-state index < -0.39 is 0 Å². The average Bonchev–Trinajstić information content (AvgIpc) is 2.26. The van der Waals surface area contributed by atoms with Crippen LogP contribution in [0.4, 0.5) is 0 Å². The first kappa shape index (κ1) is 15.7. The summed E-state index contributed by atoms with van der Waals surface area (Å²) in [5.41, 5.74) is 8.68. The summed E-state index contributed by atoms with van der Waals surface area (Å²) in [7, 11) is 0. The van der Waals surface area contributed by atoms with E-state index in [-0.39, 0.29) is 5.54 Å². The molecule has 0 heterocycles. The van der Waals surface area contributed by atoms with Gasteiger partial charge in [0.05, 0.1) is 0 Å². The SMILES string of the molecule is Cc1ccc(Br)cc1CCNCCCC(C)(C)N. The molecule has 0 spiro atoms. The van der Waals surface area contributed by atoms with Gasteiger partial charge in [-0.1, -0.05) is 22.0 Å². The lowest BCUT2D eigenvalue weighted by molar-refractivity contribution is 0.449. The molecule has 0 aliphatic heterocycles. The number of halogens is 1. The Morgan fingerprint density at radius 2 is 2.00 bits per heavy atom. The van der Waals surface area contributed by atoms with Gasteiger partial charge in [-0.25, -0.2) is 0 Å². The van der Waals surface area contributed by atoms with Crippen LogP contribution in [0.1, 0.15) is 37.8 Å². The highest BCUT2D eigenvalue weighted by Crippen LogP contribution is 2.16. The highest BCUT2D eigenvalue weighted by molar-refractivity contribution is 9.10. The van der Waals surface area contributed by atoms with E-state index in [1.807, 2.05) is 0 Å². The molecule has 3 heteroatoms. The van der Waals surface area contributed by atoms with Gasteiger partial charge in [0, 0.05) is 10.0 Å². The van der Waals surface area contributed by atoms with Gasteiger partial charge in [-0.15, -0.1) is 0 Å². The summed E-state index contributed by atoms with van der Waals surface area (Å²) < 4.78 is 1.16.